The number of hydrogen-bond acceptors (Lipinski definition) is 2. The van der Waals surface area contributed by atoms with Crippen LogP contribution >= 0.6 is 69.6 Å². The molecule has 0 atom stereocenters. The molecule has 1 saturated heterocycles. The Balaban J connectivity index is 1.64. The summed E-state index contributed by atoms with van der Waals surface area (Å²) in [5.41, 5.74) is 3.26. The molecule has 0 aromatic heterocycles. The van der Waals surface area contributed by atoms with Gasteiger partial charge in [-0.1, -0.05) is 87.8 Å². The molecule has 1 aliphatic heterocycles. The van der Waals surface area contributed by atoms with Gasteiger partial charge in [-0.25, -0.2) is 0 Å². The molecule has 4 rings (SSSR count). The van der Waals surface area contributed by atoms with Gasteiger partial charge in [-0.15, -0.1) is 0 Å². The van der Waals surface area contributed by atoms with Crippen molar-refractivity contribution in [3.63, 3.8) is 0 Å². The first-order valence-electron chi connectivity index (χ1n) is 9.63. The maximum Gasteiger partial charge on any atom is 0.0893 e. The zero-order valence-corrected chi connectivity index (χ0v) is 20.8. The van der Waals surface area contributed by atoms with Crippen LogP contribution in [0, 0.1) is 0 Å². The first-order valence-corrected chi connectivity index (χ1v) is 11.9. The van der Waals surface area contributed by atoms with Gasteiger partial charge >= 0.3 is 0 Å². The summed E-state index contributed by atoms with van der Waals surface area (Å²) in [5, 5.41) is 3.28. The molecule has 0 amide bonds. The standard InChI is InChI=1S/C23H18Cl6N2/c24-17-4-1-14(9-20(17)27)12-30-7-8-31(13-15-2-5-18(25)21(28)10-15)23(30)16-3-6-19(26)22(29)11-16/h1-6,9-11,23H,7-8,12-13H2. The number of nitrogens with zero attached hydrogens (tertiary/aromatic N) is 2. The fourth-order valence-electron chi connectivity index (χ4n) is 3.90. The van der Waals surface area contributed by atoms with Crippen molar-refractivity contribution in [3.05, 3.63) is 101 Å². The van der Waals surface area contributed by atoms with Gasteiger partial charge in [0.15, 0.2) is 0 Å². The molecular weight excluding hydrogens is 517 g/mol. The summed E-state index contributed by atoms with van der Waals surface area (Å²) in [4.78, 5) is 4.77. The van der Waals surface area contributed by atoms with Crippen LogP contribution in [0.25, 0.3) is 0 Å². The van der Waals surface area contributed by atoms with Crippen LogP contribution in [0.3, 0.4) is 0 Å². The normalized spacial score (nSPS) is 15.7. The molecule has 0 unspecified atom stereocenters. The third-order valence-corrected chi connectivity index (χ3v) is 7.56. The number of hydrogen-bond donors (Lipinski definition) is 0. The van der Waals surface area contributed by atoms with Gasteiger partial charge in [-0.2, -0.15) is 0 Å². The molecule has 0 aliphatic carbocycles. The van der Waals surface area contributed by atoms with Crippen LogP contribution in [0.4, 0.5) is 0 Å². The monoisotopic (exact) mass is 532 g/mol. The Morgan fingerprint density at radius 2 is 0.968 bits per heavy atom. The van der Waals surface area contributed by atoms with E-state index in [1.165, 1.54) is 0 Å². The lowest BCUT2D eigenvalue weighted by Crippen LogP contribution is -2.30. The molecule has 2 nitrogen and oxygen atoms in total. The first kappa shape index (κ1) is 23.5. The van der Waals surface area contributed by atoms with Crippen molar-refractivity contribution in [2.45, 2.75) is 19.3 Å². The van der Waals surface area contributed by atoms with Crippen LogP contribution in [0.15, 0.2) is 54.6 Å². The average Bonchev–Trinajstić information content (AvgIpc) is 3.11. The fraction of sp³-hybridized carbons (Fsp3) is 0.217. The predicted molar refractivity (Wildman–Crippen MR) is 133 cm³/mol. The van der Waals surface area contributed by atoms with E-state index in [1.807, 2.05) is 54.6 Å². The quantitative estimate of drug-likeness (QED) is 0.323. The lowest BCUT2D eigenvalue weighted by atomic mass is 10.1. The Kier molecular flexibility index (Phi) is 7.63. The second-order valence-electron chi connectivity index (χ2n) is 7.49. The molecule has 0 spiro atoms. The second kappa shape index (κ2) is 10.1. The van der Waals surface area contributed by atoms with E-state index >= 15 is 0 Å². The maximum atomic E-state index is 6.35. The van der Waals surface area contributed by atoms with Gasteiger partial charge < -0.3 is 0 Å². The van der Waals surface area contributed by atoms with Gasteiger partial charge in [-0.3, -0.25) is 9.80 Å². The molecule has 1 fully saturated rings. The molecule has 31 heavy (non-hydrogen) atoms. The van der Waals surface area contributed by atoms with Crippen LogP contribution in [0.5, 0.6) is 0 Å². The van der Waals surface area contributed by atoms with E-state index in [4.69, 9.17) is 69.6 Å². The number of halogens is 6. The zero-order chi connectivity index (χ0) is 22.1. The van der Waals surface area contributed by atoms with Gasteiger partial charge in [0.05, 0.1) is 36.3 Å². The largest absolute Gasteiger partial charge is 0.278 e. The molecule has 8 heteroatoms. The van der Waals surface area contributed by atoms with Crippen molar-refractivity contribution < 1.29 is 0 Å². The number of rotatable bonds is 5. The van der Waals surface area contributed by atoms with Crippen molar-refractivity contribution in [3.8, 4) is 0 Å². The molecule has 162 valence electrons. The number of benzene rings is 3. The van der Waals surface area contributed by atoms with Gasteiger partial charge in [0.1, 0.15) is 0 Å². The van der Waals surface area contributed by atoms with Crippen molar-refractivity contribution in [2.75, 3.05) is 13.1 Å². The third-order valence-electron chi connectivity index (χ3n) is 5.35. The summed E-state index contributed by atoms with van der Waals surface area (Å²) < 4.78 is 0. The molecule has 3 aromatic rings. The smallest absolute Gasteiger partial charge is 0.0893 e. The molecule has 0 N–H and O–H groups in total. The average molecular weight is 535 g/mol. The molecule has 3 aromatic carbocycles. The molecule has 0 bridgehead atoms. The third kappa shape index (κ3) is 5.46. The van der Waals surface area contributed by atoms with Crippen LogP contribution in [-0.2, 0) is 13.1 Å². The summed E-state index contributed by atoms with van der Waals surface area (Å²) in [6, 6.07) is 17.3. The van der Waals surface area contributed by atoms with Gasteiger partial charge in [-0.05, 0) is 53.1 Å². The highest BCUT2D eigenvalue weighted by Crippen LogP contribution is 2.36. The lowest BCUT2D eigenvalue weighted by Gasteiger charge is -2.31. The van der Waals surface area contributed by atoms with Crippen molar-refractivity contribution in [1.29, 1.82) is 0 Å². The lowest BCUT2D eigenvalue weighted by molar-refractivity contribution is 0.126. The summed E-state index contributed by atoms with van der Waals surface area (Å²) in [7, 11) is 0. The van der Waals surface area contributed by atoms with Crippen LogP contribution in [-0.4, -0.2) is 22.9 Å². The molecule has 0 radical (unpaired) electrons. The van der Waals surface area contributed by atoms with Crippen molar-refractivity contribution in [1.82, 2.24) is 9.80 Å². The van der Waals surface area contributed by atoms with Crippen LogP contribution < -0.4 is 0 Å². The van der Waals surface area contributed by atoms with Crippen LogP contribution in [0.1, 0.15) is 22.9 Å². The van der Waals surface area contributed by atoms with Crippen LogP contribution in [0.2, 0.25) is 30.1 Å². The Morgan fingerprint density at radius 1 is 0.548 bits per heavy atom. The minimum atomic E-state index is 0.0127. The minimum Gasteiger partial charge on any atom is -0.278 e. The van der Waals surface area contributed by atoms with Crippen molar-refractivity contribution in [2.24, 2.45) is 0 Å². The van der Waals surface area contributed by atoms with E-state index < -0.39 is 0 Å². The first-order chi connectivity index (χ1) is 14.8. The molecular formula is C23H18Cl6N2. The highest BCUT2D eigenvalue weighted by Gasteiger charge is 2.33. The zero-order valence-electron chi connectivity index (χ0n) is 16.3. The highest BCUT2D eigenvalue weighted by atomic mass is 35.5. The fourth-order valence-corrected chi connectivity index (χ4v) is 4.85. The summed E-state index contributed by atoms with van der Waals surface area (Å²) >= 11 is 37.2. The minimum absolute atomic E-state index is 0.0127. The maximum absolute atomic E-state index is 6.35. The van der Waals surface area contributed by atoms with Gasteiger partial charge in [0.25, 0.3) is 0 Å². The second-order valence-corrected chi connectivity index (χ2v) is 9.93. The highest BCUT2D eigenvalue weighted by molar-refractivity contribution is 6.42. The van der Waals surface area contributed by atoms with E-state index in [-0.39, 0.29) is 6.17 Å². The topological polar surface area (TPSA) is 6.48 Å². The van der Waals surface area contributed by atoms with Crippen molar-refractivity contribution >= 4 is 69.6 Å². The summed E-state index contributed by atoms with van der Waals surface area (Å²) in [6.45, 7) is 3.21. The summed E-state index contributed by atoms with van der Waals surface area (Å²) in [5.74, 6) is 0. The van der Waals surface area contributed by atoms with E-state index in [9.17, 15) is 0 Å². The van der Waals surface area contributed by atoms with E-state index in [0.29, 0.717) is 30.1 Å². The van der Waals surface area contributed by atoms with E-state index in [1.54, 1.807) is 0 Å². The Morgan fingerprint density at radius 3 is 1.39 bits per heavy atom. The summed E-state index contributed by atoms with van der Waals surface area (Å²) in [6.07, 6.45) is 0.0127. The van der Waals surface area contributed by atoms with E-state index in [2.05, 4.69) is 9.80 Å². The molecule has 1 heterocycles. The Labute approximate surface area is 212 Å². The Hall–Kier alpha value is -0.680. The SMILES string of the molecule is Clc1ccc(CN2CCN(Cc3ccc(Cl)c(Cl)c3)C2c2ccc(Cl)c(Cl)c2)cc1Cl. The van der Waals surface area contributed by atoms with Gasteiger partial charge in [0.2, 0.25) is 0 Å². The Bertz CT molecular complexity index is 1040. The molecule has 1 aliphatic rings. The predicted octanol–water partition coefficient (Wildman–Crippen LogP) is 8.62. The van der Waals surface area contributed by atoms with Gasteiger partial charge in [0, 0.05) is 26.2 Å². The van der Waals surface area contributed by atoms with E-state index in [0.717, 1.165) is 42.9 Å². The molecule has 0 saturated carbocycles.